The number of thiazole rings is 1. The molecule has 0 unspecified atom stereocenters. The van der Waals surface area contributed by atoms with Crippen molar-refractivity contribution in [3.8, 4) is 10.6 Å². The Kier molecular flexibility index (Phi) is 4.07. The summed E-state index contributed by atoms with van der Waals surface area (Å²) in [5.41, 5.74) is 6.31. The zero-order valence-electron chi connectivity index (χ0n) is 13.8. The van der Waals surface area contributed by atoms with Crippen molar-refractivity contribution in [2.45, 2.75) is 38.0 Å². The Morgan fingerprint density at radius 1 is 1.31 bits per heavy atom. The molecule has 0 aliphatic heterocycles. The van der Waals surface area contributed by atoms with E-state index in [-0.39, 0.29) is 17.4 Å². The predicted octanol–water partition coefficient (Wildman–Crippen LogP) is 3.57. The van der Waals surface area contributed by atoms with Gasteiger partial charge in [-0.3, -0.25) is 4.79 Å². The van der Waals surface area contributed by atoms with Gasteiger partial charge in [0.25, 0.3) is 0 Å². The Hall–Kier alpha value is -1.93. The molecule has 2 fully saturated rings. The molecule has 1 aromatic heterocycles. The van der Waals surface area contributed by atoms with E-state index in [0.717, 1.165) is 31.4 Å². The smallest absolute Gasteiger partial charge is 0.350 e. The molecule has 3 atom stereocenters. The zero-order chi connectivity index (χ0) is 18.5. The summed E-state index contributed by atoms with van der Waals surface area (Å²) in [6.45, 7) is 0.319. The lowest BCUT2D eigenvalue weighted by atomic mass is 10.0. The number of amides is 1. The standard InChI is InChI=1S/C18H18F3N3OS/c19-18(20,21)11-3-1-10(2-4-11)15-24-14(9-26-15)8-23-16(25)17-6-12(17)5-13(22)7-17/h1-4,9,12-13H,5-8,22H2,(H,23,25)/t12-,13+,17+/m0/s1. The summed E-state index contributed by atoms with van der Waals surface area (Å²) in [7, 11) is 0. The monoisotopic (exact) mass is 381 g/mol. The SMILES string of the molecule is N[C@@H]1C[C@H]2C[C@@]2(C(=O)NCc2csc(-c3ccc(C(F)(F)F)cc3)n2)C1. The van der Waals surface area contributed by atoms with Gasteiger partial charge in [0.2, 0.25) is 5.91 Å². The van der Waals surface area contributed by atoms with Crippen LogP contribution in [-0.4, -0.2) is 16.9 Å². The van der Waals surface area contributed by atoms with E-state index in [1.165, 1.54) is 23.5 Å². The molecule has 1 heterocycles. The van der Waals surface area contributed by atoms with Gasteiger partial charge >= 0.3 is 6.18 Å². The van der Waals surface area contributed by atoms with Crippen molar-refractivity contribution in [2.24, 2.45) is 17.1 Å². The highest BCUT2D eigenvalue weighted by Gasteiger charge is 2.64. The molecule has 2 aromatic rings. The Morgan fingerprint density at radius 3 is 2.65 bits per heavy atom. The van der Waals surface area contributed by atoms with Crippen LogP contribution < -0.4 is 11.1 Å². The second-order valence-corrected chi connectivity index (χ2v) is 8.02. The Labute approximate surface area is 152 Å². The number of nitrogens with one attached hydrogen (secondary N) is 1. The summed E-state index contributed by atoms with van der Waals surface area (Å²) in [5, 5.41) is 5.39. The van der Waals surface area contributed by atoms with Gasteiger partial charge in [-0.1, -0.05) is 12.1 Å². The molecule has 0 bridgehead atoms. The molecule has 2 saturated carbocycles. The molecule has 2 aliphatic rings. The van der Waals surface area contributed by atoms with Crippen LogP contribution >= 0.6 is 11.3 Å². The predicted molar refractivity (Wildman–Crippen MR) is 92.1 cm³/mol. The number of benzene rings is 1. The Morgan fingerprint density at radius 2 is 2.04 bits per heavy atom. The molecule has 4 rings (SSSR count). The van der Waals surface area contributed by atoms with Gasteiger partial charge in [-0.25, -0.2) is 4.98 Å². The quantitative estimate of drug-likeness (QED) is 0.851. The first-order valence-corrected chi connectivity index (χ1v) is 9.32. The van der Waals surface area contributed by atoms with Gasteiger partial charge in [-0.05, 0) is 37.3 Å². The van der Waals surface area contributed by atoms with E-state index in [1.54, 1.807) is 0 Å². The maximum Gasteiger partial charge on any atom is 0.416 e. The number of nitrogens with zero attached hydrogens (tertiary/aromatic N) is 1. The van der Waals surface area contributed by atoms with Crippen molar-refractivity contribution >= 4 is 17.2 Å². The van der Waals surface area contributed by atoms with Crippen LogP contribution in [0, 0.1) is 11.3 Å². The van der Waals surface area contributed by atoms with Gasteiger partial charge in [0.15, 0.2) is 0 Å². The van der Waals surface area contributed by atoms with Gasteiger partial charge in [-0.2, -0.15) is 13.2 Å². The maximum absolute atomic E-state index is 12.6. The zero-order valence-corrected chi connectivity index (χ0v) is 14.7. The highest BCUT2D eigenvalue weighted by Crippen LogP contribution is 2.63. The second kappa shape index (κ2) is 6.06. The number of carbonyl (C=O) groups excluding carboxylic acids is 1. The summed E-state index contributed by atoms with van der Waals surface area (Å²) >= 11 is 1.35. The number of nitrogens with two attached hydrogens (primary N) is 1. The lowest BCUT2D eigenvalue weighted by Gasteiger charge is -2.13. The van der Waals surface area contributed by atoms with Crippen LogP contribution in [0.4, 0.5) is 13.2 Å². The van der Waals surface area contributed by atoms with Crippen molar-refractivity contribution in [1.29, 1.82) is 0 Å². The first kappa shape index (κ1) is 17.5. The van der Waals surface area contributed by atoms with Crippen molar-refractivity contribution in [3.05, 3.63) is 40.9 Å². The minimum atomic E-state index is -4.35. The number of halogens is 3. The molecule has 4 nitrogen and oxygen atoms in total. The van der Waals surface area contributed by atoms with E-state index in [2.05, 4.69) is 10.3 Å². The third-order valence-corrected chi connectivity index (χ3v) is 6.28. The number of alkyl halides is 3. The highest BCUT2D eigenvalue weighted by atomic mass is 32.1. The first-order valence-electron chi connectivity index (χ1n) is 8.44. The number of carbonyl (C=O) groups is 1. The van der Waals surface area contributed by atoms with E-state index in [0.29, 0.717) is 28.7 Å². The fourth-order valence-corrected chi connectivity index (χ4v) is 4.72. The third-order valence-electron chi connectivity index (χ3n) is 5.34. The van der Waals surface area contributed by atoms with Crippen LogP contribution in [0.15, 0.2) is 29.6 Å². The molecule has 26 heavy (non-hydrogen) atoms. The average molecular weight is 381 g/mol. The number of hydrogen-bond donors (Lipinski definition) is 2. The van der Waals surface area contributed by atoms with E-state index >= 15 is 0 Å². The number of aromatic nitrogens is 1. The van der Waals surface area contributed by atoms with Crippen molar-refractivity contribution in [2.75, 3.05) is 0 Å². The number of rotatable bonds is 4. The molecule has 0 saturated heterocycles. The molecule has 8 heteroatoms. The molecule has 0 spiro atoms. The summed E-state index contributed by atoms with van der Waals surface area (Å²) in [4.78, 5) is 16.9. The lowest BCUT2D eigenvalue weighted by molar-refractivity contribution is -0.137. The second-order valence-electron chi connectivity index (χ2n) is 7.16. The largest absolute Gasteiger partial charge is 0.416 e. The van der Waals surface area contributed by atoms with Crippen molar-refractivity contribution in [3.63, 3.8) is 0 Å². The molecular formula is C18H18F3N3OS. The van der Waals surface area contributed by atoms with Crippen LogP contribution in [0.25, 0.3) is 10.6 Å². The number of fused-ring (bicyclic) bond motifs is 1. The Bertz CT molecular complexity index is 833. The summed E-state index contributed by atoms with van der Waals surface area (Å²) in [6.07, 6.45) is -1.76. The van der Waals surface area contributed by atoms with Crippen molar-refractivity contribution in [1.82, 2.24) is 10.3 Å². The van der Waals surface area contributed by atoms with Crippen LogP contribution in [-0.2, 0) is 17.5 Å². The highest BCUT2D eigenvalue weighted by molar-refractivity contribution is 7.13. The average Bonchev–Trinajstić information content (AvgIpc) is 2.96. The van der Waals surface area contributed by atoms with E-state index in [4.69, 9.17) is 5.73 Å². The Balaban J connectivity index is 1.38. The van der Waals surface area contributed by atoms with Crippen LogP contribution in [0.1, 0.15) is 30.5 Å². The van der Waals surface area contributed by atoms with Crippen molar-refractivity contribution < 1.29 is 18.0 Å². The van der Waals surface area contributed by atoms with E-state index in [9.17, 15) is 18.0 Å². The normalized spacial score (nSPS) is 27.2. The van der Waals surface area contributed by atoms with E-state index < -0.39 is 11.7 Å². The van der Waals surface area contributed by atoms with Gasteiger partial charge in [0.05, 0.1) is 23.2 Å². The molecular weight excluding hydrogens is 363 g/mol. The topological polar surface area (TPSA) is 68.0 Å². The maximum atomic E-state index is 12.6. The molecule has 1 amide bonds. The fourth-order valence-electron chi connectivity index (χ4n) is 3.90. The van der Waals surface area contributed by atoms with Crippen LogP contribution in [0.3, 0.4) is 0 Å². The van der Waals surface area contributed by atoms with Crippen LogP contribution in [0.2, 0.25) is 0 Å². The summed E-state index contributed by atoms with van der Waals surface area (Å²) < 4.78 is 37.9. The molecule has 2 aliphatic carbocycles. The molecule has 138 valence electrons. The van der Waals surface area contributed by atoms with Gasteiger partial charge in [-0.15, -0.1) is 11.3 Å². The van der Waals surface area contributed by atoms with E-state index in [1.807, 2.05) is 5.38 Å². The minimum Gasteiger partial charge on any atom is -0.350 e. The van der Waals surface area contributed by atoms with Gasteiger partial charge in [0, 0.05) is 17.0 Å². The summed E-state index contributed by atoms with van der Waals surface area (Å²) in [5.74, 6) is 0.454. The molecule has 3 N–H and O–H groups in total. The summed E-state index contributed by atoms with van der Waals surface area (Å²) in [6, 6.07) is 5.04. The third kappa shape index (κ3) is 3.12. The molecule has 1 aromatic carbocycles. The van der Waals surface area contributed by atoms with Gasteiger partial charge < -0.3 is 11.1 Å². The van der Waals surface area contributed by atoms with Gasteiger partial charge in [0.1, 0.15) is 5.01 Å². The first-order chi connectivity index (χ1) is 12.3. The van der Waals surface area contributed by atoms with Crippen LogP contribution in [0.5, 0.6) is 0 Å². The lowest BCUT2D eigenvalue weighted by Crippen LogP contribution is -2.33. The minimum absolute atomic E-state index is 0.0412. The molecule has 0 radical (unpaired) electrons. The fraction of sp³-hybridized carbons (Fsp3) is 0.444. The number of hydrogen-bond acceptors (Lipinski definition) is 4.